The van der Waals surface area contributed by atoms with Gasteiger partial charge in [-0.25, -0.2) is 4.98 Å². The molecule has 4 aliphatic rings. The molecule has 242 valence electrons. The molecule has 45 heavy (non-hydrogen) atoms. The molecule has 2 saturated heterocycles. The summed E-state index contributed by atoms with van der Waals surface area (Å²) in [7, 11) is -0.460. The van der Waals surface area contributed by atoms with E-state index in [1.807, 2.05) is 6.92 Å². The van der Waals surface area contributed by atoms with E-state index < -0.39 is 35.6 Å². The van der Waals surface area contributed by atoms with Gasteiger partial charge in [0.25, 0.3) is 5.91 Å². The van der Waals surface area contributed by atoms with Gasteiger partial charge in [0.15, 0.2) is 0 Å². The highest BCUT2D eigenvalue weighted by Gasteiger charge is 2.52. The van der Waals surface area contributed by atoms with Crippen LogP contribution in [0.4, 0.5) is 18.9 Å². The first-order valence-electron chi connectivity index (χ1n) is 16.2. The van der Waals surface area contributed by atoms with Crippen molar-refractivity contribution in [3.05, 3.63) is 52.8 Å². The van der Waals surface area contributed by atoms with Crippen molar-refractivity contribution >= 4 is 30.0 Å². The van der Waals surface area contributed by atoms with Gasteiger partial charge in [-0.05, 0) is 115 Å². The largest absolute Gasteiger partial charge is 0.494 e. The van der Waals surface area contributed by atoms with Crippen LogP contribution < -0.4 is 16.1 Å². The van der Waals surface area contributed by atoms with Gasteiger partial charge in [-0.2, -0.15) is 18.2 Å². The van der Waals surface area contributed by atoms with Crippen molar-refractivity contribution in [3.63, 3.8) is 0 Å². The number of nitrogens with zero attached hydrogens (tertiary/aromatic N) is 3. The molecule has 2 saturated carbocycles. The molecule has 1 aromatic carbocycles. The number of amides is 1. The van der Waals surface area contributed by atoms with E-state index in [9.17, 15) is 18.0 Å². The minimum Gasteiger partial charge on any atom is -0.399 e. The van der Waals surface area contributed by atoms with E-state index in [1.54, 1.807) is 0 Å². The van der Waals surface area contributed by atoms with Crippen LogP contribution in [0.1, 0.15) is 103 Å². The molecular weight excluding hydrogens is 580 g/mol. The molecule has 1 aromatic heterocycles. The van der Waals surface area contributed by atoms with Crippen LogP contribution in [0.15, 0.2) is 35.3 Å². The third-order valence-corrected chi connectivity index (χ3v) is 10.6. The van der Waals surface area contributed by atoms with Crippen molar-refractivity contribution in [2.75, 3.05) is 11.4 Å². The standard InChI is InChI=1S/C34H44BF3N4O3/c1-20-17-23(30(43)41-29(39)25-11-12-27(34(36,37)38)40-28(25)33(6)14-15-33)13-16-42(20)26-19-24(10-9-22(26)18-21-7-8-21)35-44-31(2,3)32(4,5)45-35/h9-12,19-21,23H,7-8,13-18H2,1-6H3,(H2,39,41,43). The number of benzene rings is 1. The molecule has 2 aromatic rings. The summed E-state index contributed by atoms with van der Waals surface area (Å²) in [6.07, 6.45) is 1.57. The summed E-state index contributed by atoms with van der Waals surface area (Å²) in [6.45, 7) is 12.9. The van der Waals surface area contributed by atoms with Crippen molar-refractivity contribution < 1.29 is 27.3 Å². The van der Waals surface area contributed by atoms with Gasteiger partial charge in [0.1, 0.15) is 11.5 Å². The van der Waals surface area contributed by atoms with Gasteiger partial charge in [0.05, 0.1) is 16.9 Å². The number of nitrogens with two attached hydrogens (primary N) is 1. The predicted molar refractivity (Wildman–Crippen MR) is 170 cm³/mol. The normalized spacial score (nSPS) is 25.8. The first kappa shape index (κ1) is 32.0. The van der Waals surface area contributed by atoms with Gasteiger partial charge >= 0.3 is 13.3 Å². The average Bonchev–Trinajstić information content (AvgIpc) is 3.89. The number of hydrogen-bond acceptors (Lipinski definition) is 5. The lowest BCUT2D eigenvalue weighted by Crippen LogP contribution is -2.44. The summed E-state index contributed by atoms with van der Waals surface area (Å²) in [5.74, 6) is -0.0350. The van der Waals surface area contributed by atoms with Crippen LogP contribution in [-0.2, 0) is 32.1 Å². The number of carbonyl (C=O) groups excluding carboxylic acids is 1. The first-order chi connectivity index (χ1) is 21.0. The average molecular weight is 625 g/mol. The van der Waals surface area contributed by atoms with Crippen LogP contribution in [0.3, 0.4) is 0 Å². The lowest BCUT2D eigenvalue weighted by Gasteiger charge is -2.39. The number of pyridine rings is 1. The Labute approximate surface area is 264 Å². The Kier molecular flexibility index (Phi) is 7.91. The number of aromatic nitrogens is 1. The maximum Gasteiger partial charge on any atom is 0.494 e. The van der Waals surface area contributed by atoms with E-state index in [1.165, 1.54) is 24.5 Å². The number of anilines is 1. The molecule has 2 atom stereocenters. The fourth-order valence-electron chi connectivity index (χ4n) is 6.51. The molecular formula is C34H44BF3N4O3. The maximum atomic E-state index is 13.4. The highest BCUT2D eigenvalue weighted by Crippen LogP contribution is 2.48. The molecule has 4 fully saturated rings. The minimum absolute atomic E-state index is 0.0595. The highest BCUT2D eigenvalue weighted by atomic mass is 19.4. The molecule has 0 bridgehead atoms. The molecule has 2 aliphatic carbocycles. The third kappa shape index (κ3) is 6.39. The summed E-state index contributed by atoms with van der Waals surface area (Å²) in [5.41, 5.74) is 7.99. The summed E-state index contributed by atoms with van der Waals surface area (Å²) in [6, 6.07) is 8.80. The van der Waals surface area contributed by atoms with Crippen LogP contribution in [-0.4, -0.2) is 47.6 Å². The fraction of sp³-hybridized carbons (Fsp3) is 0.618. The van der Waals surface area contributed by atoms with E-state index in [2.05, 4.69) is 67.7 Å². The second-order valence-electron chi connectivity index (χ2n) is 14.9. The Balaban J connectivity index is 1.20. The van der Waals surface area contributed by atoms with E-state index >= 15 is 0 Å². The lowest BCUT2D eigenvalue weighted by molar-refractivity contribution is -0.141. The topological polar surface area (TPSA) is 90.0 Å². The number of carbonyl (C=O) groups is 1. The molecule has 2 unspecified atom stereocenters. The van der Waals surface area contributed by atoms with Gasteiger partial charge in [0, 0.05) is 35.2 Å². The lowest BCUT2D eigenvalue weighted by atomic mass is 9.77. The second kappa shape index (κ2) is 11.1. The van der Waals surface area contributed by atoms with Crippen LogP contribution in [0.5, 0.6) is 0 Å². The Bertz CT molecular complexity index is 1500. The number of alkyl halides is 3. The van der Waals surface area contributed by atoms with E-state index in [0.29, 0.717) is 43.7 Å². The predicted octanol–water partition coefficient (Wildman–Crippen LogP) is 5.94. The molecule has 0 spiro atoms. The number of halogens is 3. The van der Waals surface area contributed by atoms with Crippen LogP contribution in [0.2, 0.25) is 0 Å². The molecule has 7 nitrogen and oxygen atoms in total. The monoisotopic (exact) mass is 624 g/mol. The zero-order valence-electron chi connectivity index (χ0n) is 27.1. The summed E-state index contributed by atoms with van der Waals surface area (Å²) in [4.78, 5) is 24.0. The van der Waals surface area contributed by atoms with Crippen LogP contribution in [0, 0.1) is 11.8 Å². The quantitative estimate of drug-likeness (QED) is 0.233. The van der Waals surface area contributed by atoms with E-state index in [4.69, 9.17) is 15.0 Å². The van der Waals surface area contributed by atoms with Crippen LogP contribution >= 0.6 is 0 Å². The fourth-order valence-corrected chi connectivity index (χ4v) is 6.51. The number of aliphatic imine (C=N–C) groups is 1. The zero-order chi connectivity index (χ0) is 32.5. The first-order valence-corrected chi connectivity index (χ1v) is 16.2. The minimum atomic E-state index is -4.56. The van der Waals surface area contributed by atoms with Gasteiger partial charge in [0.2, 0.25) is 0 Å². The van der Waals surface area contributed by atoms with Gasteiger partial charge < -0.3 is 19.9 Å². The summed E-state index contributed by atoms with van der Waals surface area (Å²) < 4.78 is 52.9. The van der Waals surface area contributed by atoms with Crippen molar-refractivity contribution in [1.82, 2.24) is 4.98 Å². The van der Waals surface area contributed by atoms with Crippen LogP contribution in [0.25, 0.3) is 0 Å². The zero-order valence-corrected chi connectivity index (χ0v) is 27.1. The van der Waals surface area contributed by atoms with Gasteiger partial charge in [-0.15, -0.1) is 0 Å². The third-order valence-electron chi connectivity index (χ3n) is 10.6. The number of hydrogen-bond donors (Lipinski definition) is 1. The molecule has 0 radical (unpaired) electrons. The smallest absolute Gasteiger partial charge is 0.399 e. The molecule has 2 aliphatic heterocycles. The molecule has 6 rings (SSSR count). The number of rotatable bonds is 7. The number of amidine groups is 1. The molecule has 11 heteroatoms. The van der Waals surface area contributed by atoms with E-state index in [0.717, 1.165) is 23.6 Å². The van der Waals surface area contributed by atoms with Crippen molar-refractivity contribution in [1.29, 1.82) is 0 Å². The molecule has 3 heterocycles. The van der Waals surface area contributed by atoms with Gasteiger partial charge in [-0.1, -0.05) is 19.1 Å². The van der Waals surface area contributed by atoms with E-state index in [-0.39, 0.29) is 29.4 Å². The maximum absolute atomic E-state index is 13.4. The number of piperidine rings is 1. The molecule has 2 N–H and O–H groups in total. The van der Waals surface area contributed by atoms with Crippen molar-refractivity contribution in [2.24, 2.45) is 22.6 Å². The molecule has 1 amide bonds. The highest BCUT2D eigenvalue weighted by molar-refractivity contribution is 6.62. The van der Waals surface area contributed by atoms with Crippen molar-refractivity contribution in [3.8, 4) is 0 Å². The van der Waals surface area contributed by atoms with Crippen molar-refractivity contribution in [2.45, 2.75) is 115 Å². The summed E-state index contributed by atoms with van der Waals surface area (Å²) in [5, 5.41) is 0. The Morgan fingerprint density at radius 2 is 1.73 bits per heavy atom. The Hall–Kier alpha value is -2.92. The Morgan fingerprint density at radius 3 is 2.31 bits per heavy atom. The SMILES string of the molecule is CC1CC(C(=O)N=C(N)c2ccc(C(F)(F)F)nc2C2(C)CC2)CCN1c1cc(B2OC(C)(C)C(C)(C)O2)ccc1CC1CC1. The second-order valence-corrected chi connectivity index (χ2v) is 14.9. The summed E-state index contributed by atoms with van der Waals surface area (Å²) >= 11 is 0. The van der Waals surface area contributed by atoms with Gasteiger partial charge in [-0.3, -0.25) is 4.79 Å². The Morgan fingerprint density at radius 1 is 1.07 bits per heavy atom.